The van der Waals surface area contributed by atoms with Gasteiger partial charge in [-0.15, -0.1) is 23.1 Å². The van der Waals surface area contributed by atoms with E-state index in [1.807, 2.05) is 41.2 Å². The van der Waals surface area contributed by atoms with Crippen molar-refractivity contribution in [3.8, 4) is 0 Å². The first-order valence-corrected chi connectivity index (χ1v) is 10.5. The van der Waals surface area contributed by atoms with E-state index in [4.69, 9.17) is 23.2 Å². The topological polar surface area (TPSA) is 33.2 Å². The lowest BCUT2D eigenvalue weighted by Crippen LogP contribution is -2.26. The van der Waals surface area contributed by atoms with Crippen molar-refractivity contribution in [2.24, 2.45) is 0 Å². The van der Waals surface area contributed by atoms with Gasteiger partial charge in [-0.3, -0.25) is 4.79 Å². The molecule has 1 amide bonds. The van der Waals surface area contributed by atoms with E-state index < -0.39 is 0 Å². The molecule has 0 spiro atoms. The summed E-state index contributed by atoms with van der Waals surface area (Å²) >= 11 is 15.4. The molecule has 1 heterocycles. The molecule has 0 unspecified atom stereocenters. The van der Waals surface area contributed by atoms with Gasteiger partial charge in [0.15, 0.2) is 0 Å². The number of thioether (sulfide) groups is 1. The van der Waals surface area contributed by atoms with Crippen molar-refractivity contribution in [3.63, 3.8) is 0 Å². The smallest absolute Gasteiger partial charge is 0.255 e. The minimum absolute atomic E-state index is 0.0441. The molecule has 7 heteroatoms. The number of aromatic nitrogens is 1. The van der Waals surface area contributed by atoms with Crippen molar-refractivity contribution in [3.05, 3.63) is 80.2 Å². The minimum atomic E-state index is -0.0441. The monoisotopic (exact) mass is 422 g/mol. The Labute approximate surface area is 171 Å². The quantitative estimate of drug-likeness (QED) is 0.455. The van der Waals surface area contributed by atoms with Gasteiger partial charge in [-0.2, -0.15) is 0 Å². The number of carbonyl (C=O) groups excluding carboxylic acids is 1. The molecular formula is C19H16Cl2N2OS2. The Morgan fingerprint density at radius 3 is 2.77 bits per heavy atom. The number of nitrogens with zero attached hydrogens (tertiary/aromatic N) is 2. The number of benzene rings is 2. The number of hydrogen-bond acceptors (Lipinski definition) is 4. The summed E-state index contributed by atoms with van der Waals surface area (Å²) < 4.78 is 0. The van der Waals surface area contributed by atoms with Gasteiger partial charge in [0.2, 0.25) is 0 Å². The Morgan fingerprint density at radius 2 is 2.04 bits per heavy atom. The molecule has 0 N–H and O–H groups in total. The Hall–Kier alpha value is -1.53. The fraction of sp³-hybridized carbons (Fsp3) is 0.158. The fourth-order valence-corrected chi connectivity index (χ4v) is 4.49. The van der Waals surface area contributed by atoms with E-state index in [9.17, 15) is 4.79 Å². The van der Waals surface area contributed by atoms with Crippen LogP contribution in [0.5, 0.6) is 0 Å². The number of carbonyl (C=O) groups is 1. The molecule has 0 aliphatic carbocycles. The Balaban J connectivity index is 1.74. The lowest BCUT2D eigenvalue weighted by atomic mass is 10.1. The maximum absolute atomic E-state index is 12.9. The molecule has 134 valence electrons. The van der Waals surface area contributed by atoms with Crippen LogP contribution in [0, 0.1) is 0 Å². The molecular weight excluding hydrogens is 407 g/mol. The molecule has 0 fully saturated rings. The highest BCUT2D eigenvalue weighted by molar-refractivity contribution is 7.98. The molecule has 0 radical (unpaired) electrons. The number of rotatable bonds is 6. The largest absolute Gasteiger partial charge is 0.337 e. The molecule has 2 aromatic carbocycles. The van der Waals surface area contributed by atoms with Crippen LogP contribution in [0.2, 0.25) is 10.0 Å². The fourth-order valence-electron chi connectivity index (χ4n) is 2.41. The van der Waals surface area contributed by atoms with Crippen LogP contribution in [-0.4, -0.2) is 22.8 Å². The summed E-state index contributed by atoms with van der Waals surface area (Å²) in [5.41, 5.74) is 4.37. The lowest BCUT2D eigenvalue weighted by Gasteiger charge is -2.19. The van der Waals surface area contributed by atoms with Gasteiger partial charge < -0.3 is 4.90 Å². The first-order chi connectivity index (χ1) is 12.5. The van der Waals surface area contributed by atoms with E-state index in [1.54, 1.807) is 47.2 Å². The molecule has 26 heavy (non-hydrogen) atoms. The second-order valence-corrected chi connectivity index (χ2v) is 8.24. The second-order valence-electron chi connectivity index (χ2n) is 5.66. The highest BCUT2D eigenvalue weighted by Gasteiger charge is 2.17. The molecule has 0 aliphatic rings. The van der Waals surface area contributed by atoms with Crippen LogP contribution < -0.4 is 0 Å². The standard InChI is InChI=1S/C19H16Cl2N2OS2/c1-23(9-13-6-7-14(20)8-17(13)21)19(24)16-4-2-3-5-18(16)26-11-15-10-25-12-22-15/h2-8,10,12H,9,11H2,1H3. The molecule has 0 atom stereocenters. The van der Waals surface area contributed by atoms with E-state index in [-0.39, 0.29) is 5.91 Å². The summed E-state index contributed by atoms with van der Waals surface area (Å²) in [7, 11) is 1.77. The van der Waals surface area contributed by atoms with Gasteiger partial charge in [-0.1, -0.05) is 41.4 Å². The van der Waals surface area contributed by atoms with Crippen molar-refractivity contribution in [2.75, 3.05) is 7.05 Å². The van der Waals surface area contributed by atoms with E-state index in [2.05, 4.69) is 4.98 Å². The first-order valence-electron chi connectivity index (χ1n) is 7.83. The summed E-state index contributed by atoms with van der Waals surface area (Å²) in [6.07, 6.45) is 0. The van der Waals surface area contributed by atoms with Crippen molar-refractivity contribution in [2.45, 2.75) is 17.2 Å². The average molecular weight is 423 g/mol. The lowest BCUT2D eigenvalue weighted by molar-refractivity contribution is 0.0781. The molecule has 0 saturated carbocycles. The molecule has 1 aromatic heterocycles. The van der Waals surface area contributed by atoms with Gasteiger partial charge in [0, 0.05) is 39.7 Å². The third kappa shape index (κ3) is 4.80. The third-order valence-corrected chi connectivity index (χ3v) is 6.08. The zero-order valence-electron chi connectivity index (χ0n) is 14.0. The van der Waals surface area contributed by atoms with Gasteiger partial charge in [0.05, 0.1) is 16.8 Å². The summed E-state index contributed by atoms with van der Waals surface area (Å²) in [6.45, 7) is 0.417. The van der Waals surface area contributed by atoms with Crippen LogP contribution in [0.15, 0.2) is 58.3 Å². The minimum Gasteiger partial charge on any atom is -0.337 e. The van der Waals surface area contributed by atoms with Crippen LogP contribution >= 0.6 is 46.3 Å². The molecule has 0 bridgehead atoms. The molecule has 3 nitrogen and oxygen atoms in total. The zero-order valence-corrected chi connectivity index (χ0v) is 17.1. The van der Waals surface area contributed by atoms with Crippen LogP contribution in [0.25, 0.3) is 0 Å². The first kappa shape index (κ1) is 19.2. The number of amides is 1. The Morgan fingerprint density at radius 1 is 1.23 bits per heavy atom. The Kier molecular flexibility index (Phi) is 6.59. The summed E-state index contributed by atoms with van der Waals surface area (Å²) in [4.78, 5) is 19.8. The zero-order chi connectivity index (χ0) is 18.5. The van der Waals surface area contributed by atoms with Crippen molar-refractivity contribution in [1.29, 1.82) is 0 Å². The molecule has 0 aliphatic heterocycles. The molecule has 0 saturated heterocycles. The van der Waals surface area contributed by atoms with Crippen LogP contribution in [-0.2, 0) is 12.3 Å². The molecule has 3 aromatic rings. The van der Waals surface area contributed by atoms with Gasteiger partial charge in [-0.05, 0) is 29.8 Å². The van der Waals surface area contributed by atoms with Gasteiger partial charge in [0.1, 0.15) is 0 Å². The van der Waals surface area contributed by atoms with Crippen LogP contribution in [0.3, 0.4) is 0 Å². The van der Waals surface area contributed by atoms with Crippen LogP contribution in [0.4, 0.5) is 0 Å². The maximum Gasteiger partial charge on any atom is 0.255 e. The van der Waals surface area contributed by atoms with Crippen molar-refractivity contribution >= 4 is 52.2 Å². The summed E-state index contributed by atoms with van der Waals surface area (Å²) in [5.74, 6) is 0.693. The number of hydrogen-bond donors (Lipinski definition) is 0. The average Bonchev–Trinajstić information content (AvgIpc) is 3.15. The predicted octanol–water partition coefficient (Wildman–Crippen LogP) is 6.01. The predicted molar refractivity (Wildman–Crippen MR) is 110 cm³/mol. The van der Waals surface area contributed by atoms with Gasteiger partial charge in [0.25, 0.3) is 5.91 Å². The number of thiazole rings is 1. The normalized spacial score (nSPS) is 10.7. The van der Waals surface area contributed by atoms with Gasteiger partial charge in [-0.25, -0.2) is 4.98 Å². The highest BCUT2D eigenvalue weighted by Crippen LogP contribution is 2.28. The second kappa shape index (κ2) is 8.91. The van der Waals surface area contributed by atoms with Crippen molar-refractivity contribution < 1.29 is 4.79 Å². The van der Waals surface area contributed by atoms with Gasteiger partial charge >= 0.3 is 0 Å². The summed E-state index contributed by atoms with van der Waals surface area (Å²) in [6, 6.07) is 12.9. The summed E-state index contributed by atoms with van der Waals surface area (Å²) in [5, 5.41) is 3.16. The van der Waals surface area contributed by atoms with E-state index in [0.717, 1.165) is 21.9 Å². The molecule has 3 rings (SSSR count). The van der Waals surface area contributed by atoms with E-state index >= 15 is 0 Å². The van der Waals surface area contributed by atoms with E-state index in [0.29, 0.717) is 22.2 Å². The maximum atomic E-state index is 12.9. The SMILES string of the molecule is CN(Cc1ccc(Cl)cc1Cl)C(=O)c1ccccc1SCc1cscn1. The van der Waals surface area contributed by atoms with Crippen LogP contribution in [0.1, 0.15) is 21.6 Å². The number of halogens is 2. The van der Waals surface area contributed by atoms with Crippen molar-refractivity contribution in [1.82, 2.24) is 9.88 Å². The van der Waals surface area contributed by atoms with E-state index in [1.165, 1.54) is 0 Å². The third-order valence-electron chi connectivity index (χ3n) is 3.75. The highest BCUT2D eigenvalue weighted by atomic mass is 35.5. The Bertz CT molecular complexity index is 900.